The molecule has 0 bridgehead atoms. The van der Waals surface area contributed by atoms with E-state index in [9.17, 15) is 13.2 Å². The van der Waals surface area contributed by atoms with Crippen LogP contribution in [0.5, 0.6) is 0 Å². The first kappa shape index (κ1) is 19.3. The van der Waals surface area contributed by atoms with E-state index >= 15 is 0 Å². The average molecular weight is 425 g/mol. The Labute approximate surface area is 166 Å². The predicted octanol–water partition coefficient (Wildman–Crippen LogP) is 4.32. The Bertz CT molecular complexity index is 1070. The second-order valence-electron chi connectivity index (χ2n) is 5.49. The van der Waals surface area contributed by atoms with Gasteiger partial charge in [-0.3, -0.25) is 9.52 Å². The number of carbonyl (C=O) groups excluding carboxylic acids is 1. The fourth-order valence-corrected chi connectivity index (χ4v) is 3.76. The standard InChI is InChI=1S/C18H14Cl2N2O4S/c19-15-8-7-13(10-16(15)20)27(24,25)22-17-6-2-1-5-14(17)18(23)21-11-12-4-3-9-26-12/h1-10,22H,11H2,(H,21,23). The molecule has 2 aromatic carbocycles. The van der Waals surface area contributed by atoms with Crippen molar-refractivity contribution in [1.82, 2.24) is 5.32 Å². The van der Waals surface area contributed by atoms with Gasteiger partial charge >= 0.3 is 0 Å². The maximum absolute atomic E-state index is 12.6. The first-order chi connectivity index (χ1) is 12.9. The Morgan fingerprint density at radius 3 is 2.48 bits per heavy atom. The van der Waals surface area contributed by atoms with Crippen molar-refractivity contribution >= 4 is 44.8 Å². The average Bonchev–Trinajstić information content (AvgIpc) is 3.15. The molecule has 0 spiro atoms. The lowest BCUT2D eigenvalue weighted by atomic mass is 10.1. The molecule has 0 saturated carbocycles. The first-order valence-electron chi connectivity index (χ1n) is 7.74. The van der Waals surface area contributed by atoms with Gasteiger partial charge < -0.3 is 9.73 Å². The Hall–Kier alpha value is -2.48. The monoisotopic (exact) mass is 424 g/mol. The van der Waals surface area contributed by atoms with Crippen LogP contribution in [0.1, 0.15) is 16.1 Å². The fraction of sp³-hybridized carbons (Fsp3) is 0.0556. The number of para-hydroxylation sites is 1. The van der Waals surface area contributed by atoms with Crippen molar-refractivity contribution in [2.45, 2.75) is 11.4 Å². The Morgan fingerprint density at radius 1 is 1.00 bits per heavy atom. The molecule has 1 aromatic heterocycles. The lowest BCUT2D eigenvalue weighted by Gasteiger charge is -2.13. The third kappa shape index (κ3) is 4.63. The van der Waals surface area contributed by atoms with E-state index in [-0.39, 0.29) is 32.7 Å². The van der Waals surface area contributed by atoms with Gasteiger partial charge in [0.2, 0.25) is 0 Å². The van der Waals surface area contributed by atoms with Crippen LogP contribution in [0.3, 0.4) is 0 Å². The highest BCUT2D eigenvalue weighted by molar-refractivity contribution is 7.92. The van der Waals surface area contributed by atoms with Crippen molar-refractivity contribution in [2.24, 2.45) is 0 Å². The molecule has 0 saturated heterocycles. The van der Waals surface area contributed by atoms with Gasteiger partial charge in [-0.25, -0.2) is 8.42 Å². The summed E-state index contributed by atoms with van der Waals surface area (Å²) in [5.74, 6) is 0.135. The van der Waals surface area contributed by atoms with Crippen molar-refractivity contribution in [3.63, 3.8) is 0 Å². The predicted molar refractivity (Wildman–Crippen MR) is 104 cm³/mol. The summed E-state index contributed by atoms with van der Waals surface area (Å²) < 4.78 is 32.8. The van der Waals surface area contributed by atoms with Gasteiger partial charge in [-0.1, -0.05) is 35.3 Å². The minimum absolute atomic E-state index is 0.0669. The molecule has 0 fully saturated rings. The number of benzene rings is 2. The zero-order valence-corrected chi connectivity index (χ0v) is 16.1. The molecule has 27 heavy (non-hydrogen) atoms. The molecule has 0 radical (unpaired) electrons. The van der Waals surface area contributed by atoms with Crippen LogP contribution in [0.25, 0.3) is 0 Å². The van der Waals surface area contributed by atoms with Gasteiger partial charge in [-0.2, -0.15) is 0 Å². The minimum Gasteiger partial charge on any atom is -0.467 e. The van der Waals surface area contributed by atoms with E-state index in [0.29, 0.717) is 5.76 Å². The molecule has 3 rings (SSSR count). The SMILES string of the molecule is O=C(NCc1ccco1)c1ccccc1NS(=O)(=O)c1ccc(Cl)c(Cl)c1. The van der Waals surface area contributed by atoms with Crippen molar-refractivity contribution < 1.29 is 17.6 Å². The van der Waals surface area contributed by atoms with E-state index in [1.807, 2.05) is 0 Å². The highest BCUT2D eigenvalue weighted by atomic mass is 35.5. The summed E-state index contributed by atoms with van der Waals surface area (Å²) in [6.07, 6.45) is 1.50. The van der Waals surface area contributed by atoms with Crippen LogP contribution in [0, 0.1) is 0 Å². The van der Waals surface area contributed by atoms with E-state index in [4.69, 9.17) is 27.6 Å². The minimum atomic E-state index is -3.96. The molecule has 1 amide bonds. The summed E-state index contributed by atoms with van der Waals surface area (Å²) in [6.45, 7) is 0.180. The molecule has 0 aliphatic carbocycles. The maximum atomic E-state index is 12.6. The molecule has 9 heteroatoms. The zero-order valence-electron chi connectivity index (χ0n) is 13.8. The van der Waals surface area contributed by atoms with Gasteiger partial charge in [-0.05, 0) is 42.5 Å². The number of rotatable bonds is 6. The Balaban J connectivity index is 1.82. The lowest BCUT2D eigenvalue weighted by Crippen LogP contribution is -2.24. The number of carbonyl (C=O) groups is 1. The van der Waals surface area contributed by atoms with Gasteiger partial charge in [0.05, 0.1) is 39.0 Å². The van der Waals surface area contributed by atoms with Crippen molar-refractivity contribution in [3.8, 4) is 0 Å². The van der Waals surface area contributed by atoms with Crippen LogP contribution in [0.2, 0.25) is 10.0 Å². The van der Waals surface area contributed by atoms with E-state index in [1.54, 1.807) is 24.3 Å². The highest BCUT2D eigenvalue weighted by Gasteiger charge is 2.19. The molecule has 1 heterocycles. The topological polar surface area (TPSA) is 88.4 Å². The van der Waals surface area contributed by atoms with Gasteiger partial charge in [0.15, 0.2) is 0 Å². The number of furan rings is 1. The molecule has 6 nitrogen and oxygen atoms in total. The molecule has 0 aliphatic rings. The summed E-state index contributed by atoms with van der Waals surface area (Å²) in [5.41, 5.74) is 0.313. The second kappa shape index (κ2) is 8.04. The summed E-state index contributed by atoms with van der Waals surface area (Å²) in [6, 6.07) is 13.7. The number of hydrogen-bond donors (Lipinski definition) is 2. The van der Waals surface area contributed by atoms with E-state index in [0.717, 1.165) is 0 Å². The van der Waals surface area contributed by atoms with Crippen LogP contribution >= 0.6 is 23.2 Å². The van der Waals surface area contributed by atoms with Gasteiger partial charge in [-0.15, -0.1) is 0 Å². The first-order valence-corrected chi connectivity index (χ1v) is 9.98. The summed E-state index contributed by atoms with van der Waals surface area (Å²) in [7, 11) is -3.96. The van der Waals surface area contributed by atoms with Crippen LogP contribution in [-0.4, -0.2) is 14.3 Å². The van der Waals surface area contributed by atoms with E-state index in [1.165, 1.54) is 36.6 Å². The van der Waals surface area contributed by atoms with Crippen molar-refractivity contribution in [3.05, 3.63) is 82.2 Å². The number of halogens is 2. The van der Waals surface area contributed by atoms with E-state index in [2.05, 4.69) is 10.0 Å². The number of hydrogen-bond acceptors (Lipinski definition) is 4. The maximum Gasteiger partial charge on any atom is 0.261 e. The number of sulfonamides is 1. The molecular formula is C18H14Cl2N2O4S. The Kier molecular flexibility index (Phi) is 5.74. The van der Waals surface area contributed by atoms with Crippen LogP contribution in [0.4, 0.5) is 5.69 Å². The zero-order chi connectivity index (χ0) is 19.4. The van der Waals surface area contributed by atoms with E-state index < -0.39 is 15.9 Å². The fourth-order valence-electron chi connectivity index (χ4n) is 2.29. The van der Waals surface area contributed by atoms with Gasteiger partial charge in [0, 0.05) is 0 Å². The third-order valence-electron chi connectivity index (χ3n) is 3.62. The summed E-state index contributed by atoms with van der Waals surface area (Å²) >= 11 is 11.7. The molecular weight excluding hydrogens is 411 g/mol. The van der Waals surface area contributed by atoms with Crippen molar-refractivity contribution in [2.75, 3.05) is 4.72 Å². The number of nitrogens with one attached hydrogen (secondary N) is 2. The molecule has 0 aliphatic heterocycles. The quantitative estimate of drug-likeness (QED) is 0.616. The molecule has 0 atom stereocenters. The van der Waals surface area contributed by atoms with Crippen LogP contribution in [0.15, 0.2) is 70.2 Å². The smallest absolute Gasteiger partial charge is 0.261 e. The molecule has 0 unspecified atom stereocenters. The number of anilines is 1. The summed E-state index contributed by atoms with van der Waals surface area (Å²) in [5, 5.41) is 3.04. The third-order valence-corrected chi connectivity index (χ3v) is 5.72. The number of amides is 1. The molecule has 2 N–H and O–H groups in total. The van der Waals surface area contributed by atoms with Crippen LogP contribution < -0.4 is 10.0 Å². The van der Waals surface area contributed by atoms with Crippen LogP contribution in [-0.2, 0) is 16.6 Å². The normalized spacial score (nSPS) is 11.2. The lowest BCUT2D eigenvalue weighted by molar-refractivity contribution is 0.0949. The van der Waals surface area contributed by atoms with Gasteiger partial charge in [0.25, 0.3) is 15.9 Å². The Morgan fingerprint density at radius 2 is 1.78 bits per heavy atom. The summed E-state index contributed by atoms with van der Waals surface area (Å²) in [4.78, 5) is 12.4. The largest absolute Gasteiger partial charge is 0.467 e. The van der Waals surface area contributed by atoms with Crippen molar-refractivity contribution in [1.29, 1.82) is 0 Å². The highest BCUT2D eigenvalue weighted by Crippen LogP contribution is 2.26. The second-order valence-corrected chi connectivity index (χ2v) is 7.99. The van der Waals surface area contributed by atoms with Gasteiger partial charge in [0.1, 0.15) is 5.76 Å². The molecule has 140 valence electrons. The molecule has 3 aromatic rings.